The van der Waals surface area contributed by atoms with Crippen LogP contribution in [0.2, 0.25) is 0 Å². The van der Waals surface area contributed by atoms with E-state index < -0.39 is 6.09 Å². The summed E-state index contributed by atoms with van der Waals surface area (Å²) in [5.41, 5.74) is 1.74. The van der Waals surface area contributed by atoms with Crippen molar-refractivity contribution in [2.24, 2.45) is 0 Å². The maximum atomic E-state index is 12.2. The minimum absolute atomic E-state index is 0.164. The van der Waals surface area contributed by atoms with Gasteiger partial charge in [0.25, 0.3) is 0 Å². The van der Waals surface area contributed by atoms with Crippen LogP contribution in [0.5, 0.6) is 5.88 Å². The zero-order valence-corrected chi connectivity index (χ0v) is 15.5. The van der Waals surface area contributed by atoms with Crippen LogP contribution >= 0.6 is 0 Å². The first-order valence-electron chi connectivity index (χ1n) is 9.02. The smallest absolute Gasteiger partial charge is 0.412 e. The third-order valence-electron chi connectivity index (χ3n) is 3.74. The molecule has 0 atom stereocenters. The molecule has 0 unspecified atom stereocenters. The SMILES string of the molecule is CCCCOc1nc(-c2cccnn2)ncc1NC(=O)OCc1ccccc1. The molecule has 144 valence electrons. The number of rotatable bonds is 8. The Labute approximate surface area is 163 Å². The number of aromatic nitrogens is 4. The summed E-state index contributed by atoms with van der Waals surface area (Å²) in [5.74, 6) is 0.628. The number of hydrogen-bond donors (Lipinski definition) is 1. The van der Waals surface area contributed by atoms with Gasteiger partial charge in [0.05, 0.1) is 12.8 Å². The zero-order valence-electron chi connectivity index (χ0n) is 15.5. The van der Waals surface area contributed by atoms with Gasteiger partial charge in [-0.25, -0.2) is 9.78 Å². The second kappa shape index (κ2) is 9.96. The van der Waals surface area contributed by atoms with Crippen molar-refractivity contribution in [2.75, 3.05) is 11.9 Å². The maximum absolute atomic E-state index is 12.2. The van der Waals surface area contributed by atoms with Crippen molar-refractivity contribution >= 4 is 11.8 Å². The molecule has 3 aromatic rings. The Morgan fingerprint density at radius 2 is 2.00 bits per heavy atom. The summed E-state index contributed by atoms with van der Waals surface area (Å²) in [4.78, 5) is 20.8. The van der Waals surface area contributed by atoms with E-state index in [1.807, 2.05) is 30.3 Å². The number of nitrogens with zero attached hydrogens (tertiary/aromatic N) is 4. The summed E-state index contributed by atoms with van der Waals surface area (Å²) < 4.78 is 11.0. The molecule has 0 aliphatic heterocycles. The minimum atomic E-state index is -0.611. The number of carbonyl (C=O) groups excluding carboxylic acids is 1. The van der Waals surface area contributed by atoms with E-state index >= 15 is 0 Å². The molecule has 0 bridgehead atoms. The van der Waals surface area contributed by atoms with Gasteiger partial charge in [-0.3, -0.25) is 5.32 Å². The third-order valence-corrected chi connectivity index (χ3v) is 3.74. The molecule has 0 spiro atoms. The van der Waals surface area contributed by atoms with Gasteiger partial charge in [-0.15, -0.1) is 5.10 Å². The number of amides is 1. The first-order chi connectivity index (χ1) is 13.8. The fourth-order valence-corrected chi connectivity index (χ4v) is 2.29. The molecule has 28 heavy (non-hydrogen) atoms. The van der Waals surface area contributed by atoms with Crippen LogP contribution in [-0.2, 0) is 11.3 Å². The monoisotopic (exact) mass is 379 g/mol. The van der Waals surface area contributed by atoms with Gasteiger partial charge in [0.2, 0.25) is 5.88 Å². The lowest BCUT2D eigenvalue weighted by Crippen LogP contribution is -2.15. The number of nitrogens with one attached hydrogen (secondary N) is 1. The van der Waals surface area contributed by atoms with Crippen molar-refractivity contribution in [3.63, 3.8) is 0 Å². The standard InChI is InChI=1S/C20H21N5O3/c1-2-3-12-27-19-17(13-21-18(24-19)16-10-7-11-22-25-16)23-20(26)28-14-15-8-5-4-6-9-15/h4-11,13H,2-3,12,14H2,1H3,(H,23,26). The average molecular weight is 379 g/mol. The number of carbonyl (C=O) groups is 1. The Hall–Kier alpha value is -3.55. The van der Waals surface area contributed by atoms with Crippen LogP contribution in [-0.4, -0.2) is 32.9 Å². The Balaban J connectivity index is 1.71. The normalized spacial score (nSPS) is 10.3. The molecule has 1 amide bonds. The molecule has 0 fully saturated rings. The summed E-state index contributed by atoms with van der Waals surface area (Å²) in [6, 6.07) is 12.9. The first-order valence-corrected chi connectivity index (χ1v) is 9.02. The average Bonchev–Trinajstić information content (AvgIpc) is 2.75. The number of anilines is 1. The van der Waals surface area contributed by atoms with Crippen LogP contribution in [0, 0.1) is 0 Å². The van der Waals surface area contributed by atoms with Crippen molar-refractivity contribution in [1.29, 1.82) is 0 Å². The summed E-state index contributed by atoms with van der Waals surface area (Å²) in [5, 5.41) is 10.5. The second-order valence-corrected chi connectivity index (χ2v) is 5.91. The van der Waals surface area contributed by atoms with Gasteiger partial charge in [0.15, 0.2) is 5.82 Å². The molecule has 0 radical (unpaired) electrons. The highest BCUT2D eigenvalue weighted by Crippen LogP contribution is 2.24. The molecule has 0 saturated carbocycles. The predicted octanol–water partition coefficient (Wildman–Crippen LogP) is 3.86. The minimum Gasteiger partial charge on any atom is -0.476 e. The highest BCUT2D eigenvalue weighted by molar-refractivity contribution is 5.86. The molecule has 0 aliphatic rings. The van der Waals surface area contributed by atoms with Gasteiger partial charge in [-0.2, -0.15) is 10.1 Å². The molecule has 0 aliphatic carbocycles. The highest BCUT2D eigenvalue weighted by atomic mass is 16.5. The van der Waals surface area contributed by atoms with Crippen molar-refractivity contribution in [1.82, 2.24) is 20.2 Å². The van der Waals surface area contributed by atoms with E-state index in [0.29, 0.717) is 23.8 Å². The van der Waals surface area contributed by atoms with Crippen molar-refractivity contribution in [3.05, 3.63) is 60.4 Å². The summed E-state index contributed by atoms with van der Waals surface area (Å²) in [6.45, 7) is 2.70. The molecule has 0 saturated heterocycles. The Kier molecular flexibility index (Phi) is 6.84. The molecule has 3 rings (SSSR count). The van der Waals surface area contributed by atoms with E-state index in [4.69, 9.17) is 9.47 Å². The van der Waals surface area contributed by atoms with Crippen LogP contribution in [0.1, 0.15) is 25.3 Å². The summed E-state index contributed by atoms with van der Waals surface area (Å²) >= 11 is 0. The fraction of sp³-hybridized carbons (Fsp3) is 0.250. The lowest BCUT2D eigenvalue weighted by Gasteiger charge is -2.12. The highest BCUT2D eigenvalue weighted by Gasteiger charge is 2.14. The third kappa shape index (κ3) is 5.47. The van der Waals surface area contributed by atoms with Gasteiger partial charge >= 0.3 is 6.09 Å². The number of ether oxygens (including phenoxy) is 2. The Morgan fingerprint density at radius 3 is 2.75 bits per heavy atom. The topological polar surface area (TPSA) is 99.1 Å². The molecular weight excluding hydrogens is 358 g/mol. The van der Waals surface area contributed by atoms with Gasteiger partial charge in [0.1, 0.15) is 18.0 Å². The van der Waals surface area contributed by atoms with E-state index in [1.54, 1.807) is 18.3 Å². The van der Waals surface area contributed by atoms with E-state index in [2.05, 4.69) is 32.4 Å². The molecule has 8 nitrogen and oxygen atoms in total. The Morgan fingerprint density at radius 1 is 1.14 bits per heavy atom. The van der Waals surface area contributed by atoms with Gasteiger partial charge < -0.3 is 9.47 Å². The van der Waals surface area contributed by atoms with Crippen LogP contribution < -0.4 is 10.1 Å². The Bertz CT molecular complexity index is 891. The van der Waals surface area contributed by atoms with Crippen molar-refractivity contribution < 1.29 is 14.3 Å². The summed E-state index contributed by atoms with van der Waals surface area (Å²) in [7, 11) is 0. The maximum Gasteiger partial charge on any atom is 0.412 e. The molecule has 8 heteroatoms. The lowest BCUT2D eigenvalue weighted by molar-refractivity contribution is 0.155. The molecule has 1 aromatic carbocycles. The molecule has 2 heterocycles. The molecule has 2 aromatic heterocycles. The van der Waals surface area contributed by atoms with Crippen molar-refractivity contribution in [3.8, 4) is 17.4 Å². The van der Waals surface area contributed by atoms with Crippen LogP contribution in [0.15, 0.2) is 54.9 Å². The fourth-order valence-electron chi connectivity index (χ4n) is 2.29. The molecular formula is C20H21N5O3. The van der Waals surface area contributed by atoms with E-state index in [-0.39, 0.29) is 12.5 Å². The molecule has 1 N–H and O–H groups in total. The van der Waals surface area contributed by atoms with Crippen LogP contribution in [0.25, 0.3) is 11.5 Å². The van der Waals surface area contributed by atoms with E-state index in [0.717, 1.165) is 18.4 Å². The van der Waals surface area contributed by atoms with Crippen molar-refractivity contribution in [2.45, 2.75) is 26.4 Å². The first kappa shape index (κ1) is 19.2. The summed E-state index contributed by atoms with van der Waals surface area (Å²) in [6.07, 6.45) is 4.27. The number of unbranched alkanes of at least 4 members (excludes halogenated alkanes) is 1. The number of benzene rings is 1. The van der Waals surface area contributed by atoms with Gasteiger partial charge in [-0.05, 0) is 24.1 Å². The van der Waals surface area contributed by atoms with Crippen LogP contribution in [0.4, 0.5) is 10.5 Å². The largest absolute Gasteiger partial charge is 0.476 e. The number of hydrogen-bond acceptors (Lipinski definition) is 7. The quantitative estimate of drug-likeness (QED) is 0.593. The zero-order chi connectivity index (χ0) is 19.6. The van der Waals surface area contributed by atoms with Crippen LogP contribution in [0.3, 0.4) is 0 Å². The predicted molar refractivity (Wildman–Crippen MR) is 104 cm³/mol. The van der Waals surface area contributed by atoms with Gasteiger partial charge in [0, 0.05) is 6.20 Å². The second-order valence-electron chi connectivity index (χ2n) is 5.91. The lowest BCUT2D eigenvalue weighted by atomic mass is 10.2. The van der Waals surface area contributed by atoms with E-state index in [1.165, 1.54) is 6.20 Å². The van der Waals surface area contributed by atoms with Gasteiger partial charge in [-0.1, -0.05) is 43.7 Å². The van der Waals surface area contributed by atoms with E-state index in [9.17, 15) is 4.79 Å².